The van der Waals surface area contributed by atoms with Gasteiger partial charge in [0.25, 0.3) is 0 Å². The molecule has 0 aliphatic heterocycles. The van der Waals surface area contributed by atoms with E-state index in [0.717, 1.165) is 0 Å². The van der Waals surface area contributed by atoms with Crippen LogP contribution < -0.4 is 0 Å². The molecule has 1 aromatic rings. The maximum atomic E-state index is 4.10. The van der Waals surface area contributed by atoms with E-state index >= 15 is 0 Å². The molecular formula is C34H58Sn2. The van der Waals surface area contributed by atoms with Gasteiger partial charge in [-0.2, -0.15) is 0 Å². The van der Waals surface area contributed by atoms with Crippen molar-refractivity contribution >= 4 is 36.8 Å². The first-order chi connectivity index (χ1) is 17.5. The van der Waals surface area contributed by atoms with Crippen molar-refractivity contribution in [1.29, 1.82) is 0 Å². The molecule has 36 heavy (non-hydrogen) atoms. The van der Waals surface area contributed by atoms with Crippen LogP contribution in [-0.4, -0.2) is 36.8 Å². The molecule has 0 bridgehead atoms. The van der Waals surface area contributed by atoms with Crippen LogP contribution in [0, 0.1) is 19.7 Å². The van der Waals surface area contributed by atoms with Crippen molar-refractivity contribution in [3.05, 3.63) is 35.4 Å². The van der Waals surface area contributed by atoms with Crippen LogP contribution in [-0.2, 0) is 0 Å². The predicted molar refractivity (Wildman–Crippen MR) is 170 cm³/mol. The van der Waals surface area contributed by atoms with Gasteiger partial charge in [-0.15, -0.1) is 0 Å². The molecule has 0 nitrogen and oxygen atoms in total. The molecule has 0 heterocycles. The Balaban J connectivity index is 3.42. The van der Waals surface area contributed by atoms with E-state index in [2.05, 4.69) is 85.5 Å². The van der Waals surface area contributed by atoms with Gasteiger partial charge in [0.2, 0.25) is 0 Å². The SMILES string of the molecule is CCC[CH2][Sn]([C]#Cc1ccccc1C#[C][Sn]([CH2]CCC)([CH2]CCC)[CH2]CCC)([CH2]CCC)[CH2]CCC. The van der Waals surface area contributed by atoms with Gasteiger partial charge in [-0.05, 0) is 0 Å². The minimum absolute atomic E-state index is 1.22. The van der Waals surface area contributed by atoms with Crippen LogP contribution in [0.15, 0.2) is 24.3 Å². The van der Waals surface area contributed by atoms with E-state index in [-0.39, 0.29) is 0 Å². The van der Waals surface area contributed by atoms with Gasteiger partial charge >= 0.3 is 237 Å². The number of hydrogen-bond donors (Lipinski definition) is 0. The van der Waals surface area contributed by atoms with Crippen molar-refractivity contribution in [1.82, 2.24) is 0 Å². The normalized spacial score (nSPS) is 11.5. The maximum absolute atomic E-state index is 4.10. The molecule has 2 heteroatoms. The fraction of sp³-hybridized carbons (Fsp3) is 0.706. The van der Waals surface area contributed by atoms with E-state index < -0.39 is 36.8 Å². The second-order valence-corrected chi connectivity index (χ2v) is 35.8. The van der Waals surface area contributed by atoms with Crippen LogP contribution in [0.1, 0.15) is 130 Å². The molecule has 0 aromatic heterocycles. The third kappa shape index (κ3) is 13.1. The van der Waals surface area contributed by atoms with E-state index in [1.807, 2.05) is 0 Å². The molecule has 1 aromatic carbocycles. The summed E-state index contributed by atoms with van der Waals surface area (Å²) in [7, 11) is 0. The first-order valence-corrected chi connectivity index (χ1v) is 30.7. The fourth-order valence-electron chi connectivity index (χ4n) is 5.32. The molecule has 0 aliphatic carbocycles. The Morgan fingerprint density at radius 3 is 0.917 bits per heavy atom. The summed E-state index contributed by atoms with van der Waals surface area (Å²) in [6.07, 6.45) is 16.1. The van der Waals surface area contributed by atoms with Gasteiger partial charge < -0.3 is 0 Å². The van der Waals surface area contributed by atoms with Crippen LogP contribution in [0.5, 0.6) is 0 Å². The van der Waals surface area contributed by atoms with Crippen LogP contribution in [0.3, 0.4) is 0 Å². The summed E-state index contributed by atoms with van der Waals surface area (Å²) in [5.41, 5.74) is 2.44. The second-order valence-electron chi connectivity index (χ2n) is 11.2. The van der Waals surface area contributed by atoms with Gasteiger partial charge in [0.15, 0.2) is 0 Å². The van der Waals surface area contributed by atoms with Gasteiger partial charge in [0.05, 0.1) is 0 Å². The molecule has 202 valence electrons. The molecule has 0 N–H and O–H groups in total. The molecular weight excluding hydrogens is 646 g/mol. The summed E-state index contributed by atoms with van der Waals surface area (Å²) in [6.45, 7) is 14.1. The number of unbranched alkanes of at least 4 members (excludes halogenated alkanes) is 6. The first-order valence-electron chi connectivity index (χ1n) is 15.7. The summed E-state index contributed by atoms with van der Waals surface area (Å²) in [5.74, 6) is 7.62. The van der Waals surface area contributed by atoms with E-state index in [1.54, 1.807) is 0 Å². The standard InChI is InChI=1S/C10H4.6C4H9.2Sn/c1-3-9-7-5-6-8-10(9)4-2;6*1-3-4-2;;/h5-8H;6*1,3-4H2,2H3;;. The van der Waals surface area contributed by atoms with E-state index in [4.69, 9.17) is 0 Å². The summed E-state index contributed by atoms with van der Waals surface area (Å²) < 4.78 is 16.9. The monoisotopic (exact) mass is 706 g/mol. The molecule has 0 saturated heterocycles. The Bertz CT molecular complexity index is 704. The van der Waals surface area contributed by atoms with Crippen LogP contribution >= 0.6 is 0 Å². The van der Waals surface area contributed by atoms with Crippen molar-refractivity contribution < 1.29 is 0 Å². The third-order valence-corrected chi connectivity index (χ3v) is 34.1. The van der Waals surface area contributed by atoms with Gasteiger partial charge in [0.1, 0.15) is 0 Å². The topological polar surface area (TPSA) is 0 Å². The van der Waals surface area contributed by atoms with Crippen LogP contribution in [0.2, 0.25) is 26.6 Å². The van der Waals surface area contributed by atoms with Gasteiger partial charge in [-0.1, -0.05) is 0 Å². The molecule has 0 atom stereocenters. The van der Waals surface area contributed by atoms with Crippen molar-refractivity contribution in [3.8, 4) is 19.7 Å². The summed E-state index contributed by atoms with van der Waals surface area (Å²) >= 11 is -4.94. The molecule has 0 amide bonds. The molecule has 0 saturated carbocycles. The van der Waals surface area contributed by atoms with Crippen molar-refractivity contribution in [2.45, 2.75) is 145 Å². The van der Waals surface area contributed by atoms with Crippen molar-refractivity contribution in [3.63, 3.8) is 0 Å². The fourth-order valence-corrected chi connectivity index (χ4v) is 31.7. The molecule has 1 rings (SSSR count). The van der Waals surface area contributed by atoms with Crippen LogP contribution in [0.4, 0.5) is 0 Å². The Morgan fingerprint density at radius 1 is 0.444 bits per heavy atom. The van der Waals surface area contributed by atoms with Gasteiger partial charge in [-0.25, -0.2) is 0 Å². The quantitative estimate of drug-likeness (QED) is 0.105. The molecule has 0 spiro atoms. The minimum atomic E-state index is -2.47. The van der Waals surface area contributed by atoms with E-state index in [9.17, 15) is 0 Å². The summed E-state index contributed by atoms with van der Waals surface area (Å²) in [4.78, 5) is 0. The molecule has 0 radical (unpaired) electrons. The van der Waals surface area contributed by atoms with Gasteiger partial charge in [0, 0.05) is 0 Å². The second kappa shape index (κ2) is 20.8. The van der Waals surface area contributed by atoms with E-state index in [1.165, 1.54) is 115 Å². The summed E-state index contributed by atoms with van der Waals surface area (Å²) in [6, 6.07) is 8.87. The average Bonchev–Trinajstić information content (AvgIpc) is 2.92. The van der Waals surface area contributed by atoms with Gasteiger partial charge in [-0.3, -0.25) is 0 Å². The Hall–Kier alpha value is -0.0626. The predicted octanol–water partition coefficient (Wildman–Crippen LogP) is 11.2. The van der Waals surface area contributed by atoms with Crippen molar-refractivity contribution in [2.75, 3.05) is 0 Å². The van der Waals surface area contributed by atoms with E-state index in [0.29, 0.717) is 0 Å². The zero-order valence-electron chi connectivity index (χ0n) is 25.0. The number of hydrogen-bond acceptors (Lipinski definition) is 0. The average molecular weight is 704 g/mol. The first kappa shape index (κ1) is 34.0. The number of benzene rings is 1. The zero-order valence-corrected chi connectivity index (χ0v) is 30.7. The summed E-state index contributed by atoms with van der Waals surface area (Å²) in [5, 5.41) is 0. The molecule has 0 fully saturated rings. The van der Waals surface area contributed by atoms with Crippen molar-refractivity contribution in [2.24, 2.45) is 0 Å². The molecule has 0 unspecified atom stereocenters. The van der Waals surface area contributed by atoms with Crippen LogP contribution in [0.25, 0.3) is 0 Å². The Morgan fingerprint density at radius 2 is 0.694 bits per heavy atom. The zero-order chi connectivity index (χ0) is 26.5. The number of rotatable bonds is 18. The molecule has 0 aliphatic rings. The third-order valence-electron chi connectivity index (χ3n) is 7.91. The Labute approximate surface area is 235 Å². The Kier molecular flexibility index (Phi) is 19.7.